The minimum absolute atomic E-state index is 0.0130. The van der Waals surface area contributed by atoms with E-state index >= 15 is 0 Å². The smallest absolute Gasteiger partial charge is 0.363 e. The molecule has 5 heteroatoms. The van der Waals surface area contributed by atoms with Crippen LogP contribution in [0.3, 0.4) is 0 Å². The van der Waals surface area contributed by atoms with Gasteiger partial charge in [-0.25, -0.2) is 4.79 Å². The molecule has 74 valence electrons. The van der Waals surface area contributed by atoms with Crippen LogP contribution in [0.1, 0.15) is 6.42 Å². The van der Waals surface area contributed by atoms with Crippen LogP contribution in [0.25, 0.3) is 0 Å². The molecule has 0 bridgehead atoms. The maximum absolute atomic E-state index is 11.0. The second-order valence-electron chi connectivity index (χ2n) is 3.06. The summed E-state index contributed by atoms with van der Waals surface area (Å²) in [4.78, 5) is 11.0. The Labute approximate surface area is 75.9 Å². The summed E-state index contributed by atoms with van der Waals surface area (Å²) in [5.74, 6) is -0.481. The summed E-state index contributed by atoms with van der Waals surface area (Å²) in [7, 11) is 1.31. The molecule has 2 saturated heterocycles. The van der Waals surface area contributed by atoms with E-state index in [0.717, 1.165) is 6.42 Å². The van der Waals surface area contributed by atoms with Crippen molar-refractivity contribution in [3.8, 4) is 0 Å². The molecule has 2 rings (SSSR count). The van der Waals surface area contributed by atoms with Gasteiger partial charge < -0.3 is 18.9 Å². The van der Waals surface area contributed by atoms with Crippen molar-refractivity contribution < 1.29 is 23.7 Å². The molecule has 0 saturated carbocycles. The van der Waals surface area contributed by atoms with Crippen LogP contribution in [0, 0.1) is 0 Å². The zero-order chi connectivity index (χ0) is 9.26. The number of esters is 1. The predicted octanol–water partition coefficient (Wildman–Crippen LogP) is -0.310. The molecule has 0 amide bonds. The fraction of sp³-hybridized carbons (Fsp3) is 0.875. The van der Waals surface area contributed by atoms with Crippen molar-refractivity contribution in [2.24, 2.45) is 0 Å². The lowest BCUT2D eigenvalue weighted by Gasteiger charge is -2.29. The minimum atomic E-state index is -0.868. The average Bonchev–Trinajstić information content (AvgIpc) is 2.63. The van der Waals surface area contributed by atoms with E-state index in [4.69, 9.17) is 14.2 Å². The SMILES string of the molecule is COC(=O)[C@@H]1OC[C@H]2OCC[C@H]2O1. The van der Waals surface area contributed by atoms with Gasteiger partial charge in [-0.3, -0.25) is 0 Å². The molecule has 0 radical (unpaired) electrons. The Kier molecular flexibility index (Phi) is 2.48. The third-order valence-corrected chi connectivity index (χ3v) is 2.25. The van der Waals surface area contributed by atoms with Gasteiger partial charge in [0, 0.05) is 6.61 Å². The molecular weight excluding hydrogens is 176 g/mol. The second kappa shape index (κ2) is 3.61. The number of methoxy groups -OCH3 is 1. The number of hydrogen-bond donors (Lipinski definition) is 0. The Morgan fingerprint density at radius 2 is 2.23 bits per heavy atom. The maximum Gasteiger partial charge on any atom is 0.363 e. The van der Waals surface area contributed by atoms with Crippen molar-refractivity contribution in [1.82, 2.24) is 0 Å². The molecule has 13 heavy (non-hydrogen) atoms. The standard InChI is InChI=1S/C8H12O5/c1-10-7(9)8-12-4-6-5(13-8)2-3-11-6/h5-6,8H,2-4H2,1H3/t5-,6-,8-/m1/s1. The van der Waals surface area contributed by atoms with Crippen LogP contribution >= 0.6 is 0 Å². The Morgan fingerprint density at radius 3 is 3.00 bits per heavy atom. The topological polar surface area (TPSA) is 54.0 Å². The normalized spacial score (nSPS) is 38.4. The third-order valence-electron chi connectivity index (χ3n) is 2.25. The Hall–Kier alpha value is -0.650. The molecule has 0 aliphatic carbocycles. The number of fused-ring (bicyclic) bond motifs is 1. The van der Waals surface area contributed by atoms with Gasteiger partial charge in [0.25, 0.3) is 6.29 Å². The molecule has 0 aromatic heterocycles. The van der Waals surface area contributed by atoms with E-state index in [1.54, 1.807) is 0 Å². The highest BCUT2D eigenvalue weighted by Crippen LogP contribution is 2.24. The summed E-state index contributed by atoms with van der Waals surface area (Å²) in [6, 6.07) is 0. The summed E-state index contributed by atoms with van der Waals surface area (Å²) in [5, 5.41) is 0. The molecule has 0 aromatic carbocycles. The van der Waals surface area contributed by atoms with Crippen molar-refractivity contribution >= 4 is 5.97 Å². The highest BCUT2D eigenvalue weighted by molar-refractivity contribution is 5.73. The average molecular weight is 188 g/mol. The molecule has 0 aromatic rings. The lowest BCUT2D eigenvalue weighted by atomic mass is 10.2. The third kappa shape index (κ3) is 1.67. The van der Waals surface area contributed by atoms with E-state index < -0.39 is 12.3 Å². The summed E-state index contributed by atoms with van der Waals surface area (Å²) < 4.78 is 20.3. The first-order valence-corrected chi connectivity index (χ1v) is 4.28. The van der Waals surface area contributed by atoms with Crippen molar-refractivity contribution in [2.75, 3.05) is 20.3 Å². The van der Waals surface area contributed by atoms with Gasteiger partial charge in [-0.2, -0.15) is 0 Å². The molecule has 3 atom stereocenters. The first-order chi connectivity index (χ1) is 6.31. The highest BCUT2D eigenvalue weighted by atomic mass is 16.7. The van der Waals surface area contributed by atoms with Gasteiger partial charge in [0.15, 0.2) is 0 Å². The zero-order valence-electron chi connectivity index (χ0n) is 7.39. The Morgan fingerprint density at radius 1 is 1.38 bits per heavy atom. The fourth-order valence-corrected chi connectivity index (χ4v) is 1.54. The van der Waals surface area contributed by atoms with E-state index in [0.29, 0.717) is 13.2 Å². The van der Waals surface area contributed by atoms with Crippen LogP contribution in [0.15, 0.2) is 0 Å². The molecule has 0 N–H and O–H groups in total. The molecule has 2 aliphatic heterocycles. The number of hydrogen-bond acceptors (Lipinski definition) is 5. The van der Waals surface area contributed by atoms with Crippen molar-refractivity contribution in [1.29, 1.82) is 0 Å². The number of carbonyl (C=O) groups excluding carboxylic acids is 1. The van der Waals surface area contributed by atoms with Gasteiger partial charge >= 0.3 is 5.97 Å². The minimum Gasteiger partial charge on any atom is -0.465 e. The lowest BCUT2D eigenvalue weighted by Crippen LogP contribution is -2.44. The number of carbonyl (C=O) groups is 1. The summed E-state index contributed by atoms with van der Waals surface area (Å²) >= 11 is 0. The van der Waals surface area contributed by atoms with E-state index in [-0.39, 0.29) is 12.2 Å². The van der Waals surface area contributed by atoms with Gasteiger partial charge in [0.2, 0.25) is 0 Å². The summed E-state index contributed by atoms with van der Waals surface area (Å²) in [5.41, 5.74) is 0. The molecule has 2 heterocycles. The molecule has 0 spiro atoms. The van der Waals surface area contributed by atoms with Crippen LogP contribution in [-0.2, 0) is 23.7 Å². The second-order valence-corrected chi connectivity index (χ2v) is 3.06. The molecule has 5 nitrogen and oxygen atoms in total. The fourth-order valence-electron chi connectivity index (χ4n) is 1.54. The van der Waals surface area contributed by atoms with Crippen LogP contribution in [0.2, 0.25) is 0 Å². The van der Waals surface area contributed by atoms with Crippen LogP contribution in [-0.4, -0.2) is 44.8 Å². The lowest BCUT2D eigenvalue weighted by molar-refractivity contribution is -0.244. The van der Waals surface area contributed by atoms with Crippen LogP contribution < -0.4 is 0 Å². The van der Waals surface area contributed by atoms with Crippen LogP contribution in [0.4, 0.5) is 0 Å². The number of rotatable bonds is 1. The molecular formula is C8H12O5. The van der Waals surface area contributed by atoms with Crippen LogP contribution in [0.5, 0.6) is 0 Å². The predicted molar refractivity (Wildman–Crippen MR) is 41.0 cm³/mol. The molecule has 0 unspecified atom stereocenters. The van der Waals surface area contributed by atoms with Gasteiger partial charge in [-0.05, 0) is 6.42 Å². The maximum atomic E-state index is 11.0. The van der Waals surface area contributed by atoms with Gasteiger partial charge in [0.05, 0.1) is 19.8 Å². The summed E-state index contributed by atoms with van der Waals surface area (Å²) in [6.45, 7) is 1.08. The number of ether oxygens (including phenoxy) is 4. The van der Waals surface area contributed by atoms with E-state index in [1.165, 1.54) is 7.11 Å². The Bertz CT molecular complexity index is 205. The van der Waals surface area contributed by atoms with E-state index in [9.17, 15) is 4.79 Å². The molecule has 2 aliphatic rings. The zero-order valence-corrected chi connectivity index (χ0v) is 7.39. The van der Waals surface area contributed by atoms with Crippen molar-refractivity contribution in [2.45, 2.75) is 24.9 Å². The first-order valence-electron chi connectivity index (χ1n) is 4.28. The summed E-state index contributed by atoms with van der Waals surface area (Å²) in [6.07, 6.45) is -0.0756. The molecule has 2 fully saturated rings. The van der Waals surface area contributed by atoms with Gasteiger partial charge in [0.1, 0.15) is 6.10 Å². The van der Waals surface area contributed by atoms with Gasteiger partial charge in [-0.15, -0.1) is 0 Å². The van der Waals surface area contributed by atoms with Crippen molar-refractivity contribution in [3.63, 3.8) is 0 Å². The first kappa shape index (κ1) is 8.93. The quantitative estimate of drug-likeness (QED) is 0.528. The van der Waals surface area contributed by atoms with Crippen molar-refractivity contribution in [3.05, 3.63) is 0 Å². The monoisotopic (exact) mass is 188 g/mol. The van der Waals surface area contributed by atoms with E-state index in [2.05, 4.69) is 4.74 Å². The Balaban J connectivity index is 1.93. The highest BCUT2D eigenvalue weighted by Gasteiger charge is 2.39. The van der Waals surface area contributed by atoms with E-state index in [1.807, 2.05) is 0 Å². The largest absolute Gasteiger partial charge is 0.465 e. The van der Waals surface area contributed by atoms with Gasteiger partial charge in [-0.1, -0.05) is 0 Å².